The second kappa shape index (κ2) is 5.33. The summed E-state index contributed by atoms with van der Waals surface area (Å²) in [6.45, 7) is 3.51. The Bertz CT molecular complexity index is 325. The monoisotopic (exact) mass is 302 g/mol. The Labute approximate surface area is 112 Å². The van der Waals surface area contributed by atoms with Crippen molar-refractivity contribution >= 4 is 28.6 Å². The standard InChI is InChI=1S/C7H9IN2O2.Na/c1-4-7(8)5(2)10(9-4)3-6(11)12;/h3H2,1-2H3,(H,11,12);/q;+1/p-1. The summed E-state index contributed by atoms with van der Waals surface area (Å²) in [5, 5.41) is 14.3. The first kappa shape index (κ1) is 13.4. The smallest absolute Gasteiger partial charge is 0.548 e. The summed E-state index contributed by atoms with van der Waals surface area (Å²) in [6.07, 6.45) is 0. The Morgan fingerprint density at radius 2 is 2.15 bits per heavy atom. The maximum Gasteiger partial charge on any atom is 1.00 e. The molecule has 0 saturated carbocycles. The predicted molar refractivity (Wildman–Crippen MR) is 49.4 cm³/mol. The van der Waals surface area contributed by atoms with E-state index in [2.05, 4.69) is 27.7 Å². The van der Waals surface area contributed by atoms with Crippen molar-refractivity contribution in [2.75, 3.05) is 0 Å². The summed E-state index contributed by atoms with van der Waals surface area (Å²) < 4.78 is 2.45. The van der Waals surface area contributed by atoms with Crippen LogP contribution in [0.4, 0.5) is 0 Å². The van der Waals surface area contributed by atoms with Gasteiger partial charge in [0.2, 0.25) is 0 Å². The largest absolute Gasteiger partial charge is 1.00 e. The van der Waals surface area contributed by atoms with Crippen LogP contribution in [0, 0.1) is 17.4 Å². The summed E-state index contributed by atoms with van der Waals surface area (Å²) in [5.41, 5.74) is 1.73. The molecule has 0 N–H and O–H groups in total. The number of aryl methyl sites for hydroxylation is 1. The van der Waals surface area contributed by atoms with Crippen molar-refractivity contribution in [3.05, 3.63) is 15.0 Å². The van der Waals surface area contributed by atoms with Gasteiger partial charge >= 0.3 is 29.6 Å². The fraction of sp³-hybridized carbons (Fsp3) is 0.429. The maximum absolute atomic E-state index is 10.3. The van der Waals surface area contributed by atoms with Gasteiger partial charge in [0.05, 0.1) is 21.8 Å². The molecule has 0 spiro atoms. The Kier molecular flexibility index (Phi) is 5.50. The normalized spacial score (nSPS) is 9.46. The quantitative estimate of drug-likeness (QED) is 0.428. The van der Waals surface area contributed by atoms with E-state index in [9.17, 15) is 9.90 Å². The van der Waals surface area contributed by atoms with E-state index in [4.69, 9.17) is 0 Å². The molecule has 0 amide bonds. The number of rotatable bonds is 2. The molecule has 0 saturated heterocycles. The zero-order valence-electron chi connectivity index (χ0n) is 7.80. The molecule has 0 aliphatic heterocycles. The van der Waals surface area contributed by atoms with E-state index in [0.29, 0.717) is 0 Å². The van der Waals surface area contributed by atoms with E-state index >= 15 is 0 Å². The van der Waals surface area contributed by atoms with E-state index in [1.165, 1.54) is 4.68 Å². The van der Waals surface area contributed by atoms with Crippen molar-refractivity contribution < 1.29 is 39.5 Å². The molecule has 1 aromatic rings. The summed E-state index contributed by atoms with van der Waals surface area (Å²) in [4.78, 5) is 10.3. The Morgan fingerprint density at radius 3 is 2.46 bits per heavy atom. The number of halogens is 1. The number of carbonyl (C=O) groups is 1. The first-order valence-electron chi connectivity index (χ1n) is 3.41. The minimum Gasteiger partial charge on any atom is -0.548 e. The van der Waals surface area contributed by atoms with Crippen molar-refractivity contribution in [3.63, 3.8) is 0 Å². The van der Waals surface area contributed by atoms with Crippen LogP contribution in [0.3, 0.4) is 0 Å². The molecule has 0 aliphatic carbocycles. The van der Waals surface area contributed by atoms with Crippen LogP contribution in [0.5, 0.6) is 0 Å². The molecular weight excluding hydrogens is 294 g/mol. The second-order valence-corrected chi connectivity index (χ2v) is 3.59. The summed E-state index contributed by atoms with van der Waals surface area (Å²) in [6, 6.07) is 0. The number of aromatic nitrogens is 2. The molecular formula is C7H8IN2NaO2. The first-order chi connectivity index (χ1) is 5.52. The van der Waals surface area contributed by atoms with Crippen molar-refractivity contribution in [2.45, 2.75) is 20.4 Å². The van der Waals surface area contributed by atoms with Crippen LogP contribution >= 0.6 is 22.6 Å². The third-order valence-electron chi connectivity index (χ3n) is 1.57. The average molecular weight is 302 g/mol. The number of carboxylic acids is 1. The van der Waals surface area contributed by atoms with Crippen LogP contribution in [-0.2, 0) is 11.3 Å². The van der Waals surface area contributed by atoms with Gasteiger partial charge in [-0.3, -0.25) is 4.68 Å². The van der Waals surface area contributed by atoms with E-state index in [-0.39, 0.29) is 36.1 Å². The summed E-state index contributed by atoms with van der Waals surface area (Å²) >= 11 is 2.14. The van der Waals surface area contributed by atoms with Gasteiger partial charge in [-0.25, -0.2) is 0 Å². The van der Waals surface area contributed by atoms with Gasteiger partial charge in [0.15, 0.2) is 0 Å². The first-order valence-corrected chi connectivity index (χ1v) is 4.49. The second-order valence-electron chi connectivity index (χ2n) is 2.51. The average Bonchev–Trinajstić information content (AvgIpc) is 2.17. The molecule has 1 rings (SSSR count). The van der Waals surface area contributed by atoms with Crippen LogP contribution in [0.15, 0.2) is 0 Å². The van der Waals surface area contributed by atoms with Gasteiger partial charge in [-0.15, -0.1) is 0 Å². The van der Waals surface area contributed by atoms with Crippen LogP contribution in [0.1, 0.15) is 11.4 Å². The van der Waals surface area contributed by atoms with Gasteiger partial charge in [-0.05, 0) is 36.4 Å². The van der Waals surface area contributed by atoms with E-state index in [1.807, 2.05) is 13.8 Å². The minimum absolute atomic E-state index is 0. The molecule has 0 aliphatic rings. The third kappa shape index (κ3) is 3.23. The zero-order valence-corrected chi connectivity index (χ0v) is 12.0. The number of carboxylic acid groups (broad SMARTS) is 1. The zero-order chi connectivity index (χ0) is 9.30. The molecule has 0 fully saturated rings. The molecule has 0 unspecified atom stereocenters. The Balaban J connectivity index is 0.00000144. The molecule has 13 heavy (non-hydrogen) atoms. The SMILES string of the molecule is Cc1nn(CC(=O)[O-])c(C)c1I.[Na+]. The van der Waals surface area contributed by atoms with Crippen molar-refractivity contribution in [1.82, 2.24) is 9.78 Å². The Morgan fingerprint density at radius 1 is 1.62 bits per heavy atom. The van der Waals surface area contributed by atoms with E-state index in [1.54, 1.807) is 0 Å². The molecule has 0 aromatic carbocycles. The predicted octanol–water partition coefficient (Wildman–Crippen LogP) is -3.14. The molecule has 6 heteroatoms. The van der Waals surface area contributed by atoms with Gasteiger partial charge < -0.3 is 9.90 Å². The molecule has 66 valence electrons. The molecule has 0 radical (unpaired) electrons. The van der Waals surface area contributed by atoms with Gasteiger partial charge in [0, 0.05) is 5.69 Å². The van der Waals surface area contributed by atoms with E-state index in [0.717, 1.165) is 15.0 Å². The number of hydrogen-bond donors (Lipinski definition) is 0. The van der Waals surface area contributed by atoms with Crippen LogP contribution in [0.25, 0.3) is 0 Å². The minimum atomic E-state index is -1.11. The van der Waals surface area contributed by atoms with Gasteiger partial charge in [0.25, 0.3) is 0 Å². The molecule has 1 heterocycles. The number of carbonyl (C=O) groups excluding carboxylic acids is 1. The van der Waals surface area contributed by atoms with Gasteiger partial charge in [0.1, 0.15) is 0 Å². The van der Waals surface area contributed by atoms with Crippen LogP contribution < -0.4 is 34.7 Å². The van der Waals surface area contributed by atoms with Crippen molar-refractivity contribution in [1.29, 1.82) is 0 Å². The maximum atomic E-state index is 10.3. The summed E-state index contributed by atoms with van der Waals surface area (Å²) in [5.74, 6) is -1.11. The van der Waals surface area contributed by atoms with Crippen molar-refractivity contribution in [2.24, 2.45) is 0 Å². The number of aliphatic carboxylic acids is 1. The Hall–Kier alpha value is 0.410. The fourth-order valence-electron chi connectivity index (χ4n) is 0.951. The number of hydrogen-bond acceptors (Lipinski definition) is 3. The van der Waals surface area contributed by atoms with Crippen molar-refractivity contribution in [3.8, 4) is 0 Å². The number of nitrogens with zero attached hydrogens (tertiary/aromatic N) is 2. The molecule has 1 aromatic heterocycles. The van der Waals surface area contributed by atoms with E-state index < -0.39 is 5.97 Å². The molecule has 4 nitrogen and oxygen atoms in total. The topological polar surface area (TPSA) is 58.0 Å². The third-order valence-corrected chi connectivity index (χ3v) is 3.13. The van der Waals surface area contributed by atoms with Gasteiger partial charge in [-0.2, -0.15) is 5.10 Å². The van der Waals surface area contributed by atoms with Crippen LogP contribution in [0.2, 0.25) is 0 Å². The molecule has 0 atom stereocenters. The molecule has 0 bridgehead atoms. The van der Waals surface area contributed by atoms with Gasteiger partial charge in [-0.1, -0.05) is 0 Å². The van der Waals surface area contributed by atoms with Crippen LogP contribution in [-0.4, -0.2) is 15.7 Å². The summed E-state index contributed by atoms with van der Waals surface area (Å²) in [7, 11) is 0. The fourth-order valence-corrected chi connectivity index (χ4v) is 1.34.